The highest BCUT2D eigenvalue weighted by Gasteiger charge is 2.17. The normalized spacial score (nSPS) is 15.9. The number of halogens is 2. The van der Waals surface area contributed by atoms with Crippen LogP contribution in [-0.4, -0.2) is 25.2 Å². The summed E-state index contributed by atoms with van der Waals surface area (Å²) < 4.78 is 32.5. The van der Waals surface area contributed by atoms with Gasteiger partial charge in [-0.3, -0.25) is 4.79 Å². The molecular weight excluding hydrogens is 264 g/mol. The Labute approximate surface area is 116 Å². The SMILES string of the molecule is C=Cc1cc(F)c(CC(=O)NC2CCOCC2)cc1F. The van der Waals surface area contributed by atoms with E-state index in [9.17, 15) is 13.6 Å². The summed E-state index contributed by atoms with van der Waals surface area (Å²) in [4.78, 5) is 11.8. The third-order valence-electron chi connectivity index (χ3n) is 3.32. The topological polar surface area (TPSA) is 38.3 Å². The smallest absolute Gasteiger partial charge is 0.224 e. The molecule has 3 nitrogen and oxygen atoms in total. The highest BCUT2D eigenvalue weighted by molar-refractivity contribution is 5.79. The number of ether oxygens (including phenoxy) is 1. The van der Waals surface area contributed by atoms with Crippen molar-refractivity contribution in [2.75, 3.05) is 13.2 Å². The van der Waals surface area contributed by atoms with Crippen LogP contribution in [0.15, 0.2) is 18.7 Å². The highest BCUT2D eigenvalue weighted by atomic mass is 19.1. The van der Waals surface area contributed by atoms with Crippen LogP contribution in [0.4, 0.5) is 8.78 Å². The number of hydrogen-bond donors (Lipinski definition) is 1. The predicted octanol–water partition coefficient (Wildman–Crippen LogP) is 2.45. The first-order chi connectivity index (χ1) is 9.60. The zero-order valence-corrected chi connectivity index (χ0v) is 11.1. The fourth-order valence-electron chi connectivity index (χ4n) is 2.19. The summed E-state index contributed by atoms with van der Waals surface area (Å²) in [7, 11) is 0. The van der Waals surface area contributed by atoms with E-state index in [0.29, 0.717) is 13.2 Å². The van der Waals surface area contributed by atoms with Gasteiger partial charge in [-0.1, -0.05) is 12.7 Å². The molecule has 0 atom stereocenters. The van der Waals surface area contributed by atoms with Gasteiger partial charge in [0.25, 0.3) is 0 Å². The van der Waals surface area contributed by atoms with Gasteiger partial charge >= 0.3 is 0 Å². The van der Waals surface area contributed by atoms with Gasteiger partial charge in [-0.15, -0.1) is 0 Å². The average Bonchev–Trinajstić information content (AvgIpc) is 2.43. The maximum absolute atomic E-state index is 13.7. The summed E-state index contributed by atoms with van der Waals surface area (Å²) in [6, 6.07) is 2.16. The summed E-state index contributed by atoms with van der Waals surface area (Å²) in [6.07, 6.45) is 2.57. The number of amides is 1. The quantitative estimate of drug-likeness (QED) is 0.920. The summed E-state index contributed by atoms with van der Waals surface area (Å²) in [6.45, 7) is 4.63. The maximum Gasteiger partial charge on any atom is 0.224 e. The second-order valence-electron chi connectivity index (χ2n) is 4.80. The van der Waals surface area contributed by atoms with Gasteiger partial charge in [0.15, 0.2) is 0 Å². The first-order valence-corrected chi connectivity index (χ1v) is 6.57. The van der Waals surface area contributed by atoms with Gasteiger partial charge in [-0.05, 0) is 25.0 Å². The van der Waals surface area contributed by atoms with E-state index in [1.165, 1.54) is 6.08 Å². The molecule has 0 bridgehead atoms. The fourth-order valence-corrected chi connectivity index (χ4v) is 2.19. The second-order valence-corrected chi connectivity index (χ2v) is 4.80. The number of carbonyl (C=O) groups is 1. The monoisotopic (exact) mass is 281 g/mol. The minimum atomic E-state index is -0.594. The lowest BCUT2D eigenvalue weighted by Gasteiger charge is -2.23. The Morgan fingerprint density at radius 1 is 1.35 bits per heavy atom. The van der Waals surface area contributed by atoms with Crippen molar-refractivity contribution in [2.45, 2.75) is 25.3 Å². The van der Waals surface area contributed by atoms with Gasteiger partial charge in [0.2, 0.25) is 5.91 Å². The van der Waals surface area contributed by atoms with Gasteiger partial charge in [-0.25, -0.2) is 8.78 Å². The van der Waals surface area contributed by atoms with E-state index in [4.69, 9.17) is 4.74 Å². The molecule has 0 saturated carbocycles. The Kier molecular flexibility index (Phi) is 4.84. The van der Waals surface area contributed by atoms with Gasteiger partial charge in [0.1, 0.15) is 11.6 Å². The van der Waals surface area contributed by atoms with E-state index < -0.39 is 11.6 Å². The van der Waals surface area contributed by atoms with E-state index in [-0.39, 0.29) is 29.5 Å². The number of hydrogen-bond acceptors (Lipinski definition) is 2. The number of rotatable bonds is 4. The molecule has 0 unspecified atom stereocenters. The highest BCUT2D eigenvalue weighted by Crippen LogP contribution is 2.17. The first kappa shape index (κ1) is 14.7. The predicted molar refractivity (Wildman–Crippen MR) is 72.1 cm³/mol. The summed E-state index contributed by atoms with van der Waals surface area (Å²) in [5.74, 6) is -1.47. The van der Waals surface area contributed by atoms with Crippen LogP contribution in [0, 0.1) is 11.6 Å². The zero-order chi connectivity index (χ0) is 14.5. The zero-order valence-electron chi connectivity index (χ0n) is 11.1. The van der Waals surface area contributed by atoms with Crippen LogP contribution in [-0.2, 0) is 16.0 Å². The fraction of sp³-hybridized carbons (Fsp3) is 0.400. The molecule has 1 aromatic carbocycles. The van der Waals surface area contributed by atoms with Crippen molar-refractivity contribution in [1.29, 1.82) is 0 Å². The molecule has 5 heteroatoms. The average molecular weight is 281 g/mol. The molecule has 1 aliphatic heterocycles. The molecule has 0 spiro atoms. The number of benzene rings is 1. The van der Waals surface area contributed by atoms with E-state index in [0.717, 1.165) is 25.0 Å². The van der Waals surface area contributed by atoms with E-state index in [1.807, 2.05) is 0 Å². The maximum atomic E-state index is 13.7. The molecule has 20 heavy (non-hydrogen) atoms. The third kappa shape index (κ3) is 3.63. The van der Waals surface area contributed by atoms with Crippen molar-refractivity contribution in [3.63, 3.8) is 0 Å². The van der Waals surface area contributed by atoms with E-state index in [1.54, 1.807) is 0 Å². The number of carbonyl (C=O) groups excluding carboxylic acids is 1. The largest absolute Gasteiger partial charge is 0.381 e. The molecular formula is C15H17F2NO2. The van der Waals surface area contributed by atoms with Crippen LogP contribution in [0.3, 0.4) is 0 Å². The van der Waals surface area contributed by atoms with Crippen molar-refractivity contribution in [1.82, 2.24) is 5.32 Å². The molecule has 1 amide bonds. The summed E-state index contributed by atoms with van der Waals surface area (Å²) in [5, 5.41) is 2.81. The summed E-state index contributed by atoms with van der Waals surface area (Å²) >= 11 is 0. The molecule has 2 rings (SSSR count). The second kappa shape index (κ2) is 6.61. The lowest BCUT2D eigenvalue weighted by Crippen LogP contribution is -2.39. The molecule has 0 radical (unpaired) electrons. The Bertz CT molecular complexity index is 511. The van der Waals surface area contributed by atoms with Gasteiger partial charge in [0, 0.05) is 30.4 Å². The van der Waals surface area contributed by atoms with Crippen molar-refractivity contribution in [3.8, 4) is 0 Å². The van der Waals surface area contributed by atoms with E-state index >= 15 is 0 Å². The van der Waals surface area contributed by atoms with Crippen molar-refractivity contribution in [2.24, 2.45) is 0 Å². The molecule has 108 valence electrons. The minimum absolute atomic E-state index is 0.0524. The van der Waals surface area contributed by atoms with Crippen molar-refractivity contribution < 1.29 is 18.3 Å². The Balaban J connectivity index is 2.00. The molecule has 0 aliphatic carbocycles. The lowest BCUT2D eigenvalue weighted by molar-refractivity contribution is -0.121. The van der Waals surface area contributed by atoms with Crippen molar-refractivity contribution in [3.05, 3.63) is 41.5 Å². The van der Waals surface area contributed by atoms with Crippen LogP contribution < -0.4 is 5.32 Å². The molecule has 1 fully saturated rings. The Hall–Kier alpha value is -1.75. The minimum Gasteiger partial charge on any atom is -0.381 e. The molecule has 1 saturated heterocycles. The van der Waals surface area contributed by atoms with Gasteiger partial charge in [0.05, 0.1) is 6.42 Å². The van der Waals surface area contributed by atoms with Crippen LogP contribution in [0.1, 0.15) is 24.0 Å². The van der Waals surface area contributed by atoms with Crippen LogP contribution in [0.25, 0.3) is 6.08 Å². The van der Waals surface area contributed by atoms with Crippen molar-refractivity contribution >= 4 is 12.0 Å². The standard InChI is InChI=1S/C15H17F2NO2/c1-2-10-7-14(17)11(8-13(10)16)9-15(19)18-12-3-5-20-6-4-12/h2,7-8,12H,1,3-6,9H2,(H,18,19). The lowest BCUT2D eigenvalue weighted by atomic mass is 10.1. The third-order valence-corrected chi connectivity index (χ3v) is 3.32. The summed E-state index contributed by atoms with van der Waals surface area (Å²) in [5.41, 5.74) is 0.147. The van der Waals surface area contributed by atoms with Gasteiger partial charge in [-0.2, -0.15) is 0 Å². The molecule has 1 aliphatic rings. The molecule has 1 aromatic rings. The van der Waals surface area contributed by atoms with Gasteiger partial charge < -0.3 is 10.1 Å². The first-order valence-electron chi connectivity index (χ1n) is 6.57. The van der Waals surface area contributed by atoms with Crippen LogP contribution >= 0.6 is 0 Å². The molecule has 0 aromatic heterocycles. The number of nitrogens with one attached hydrogen (secondary N) is 1. The molecule has 1 N–H and O–H groups in total. The Morgan fingerprint density at radius 2 is 2.05 bits per heavy atom. The van der Waals surface area contributed by atoms with Crippen LogP contribution in [0.2, 0.25) is 0 Å². The van der Waals surface area contributed by atoms with E-state index in [2.05, 4.69) is 11.9 Å². The Morgan fingerprint density at radius 3 is 2.70 bits per heavy atom. The molecule has 1 heterocycles. The van der Waals surface area contributed by atoms with Crippen LogP contribution in [0.5, 0.6) is 0 Å².